The fraction of sp³-hybridized carbons (Fsp3) is 0.381. The van der Waals surface area contributed by atoms with Crippen LogP contribution in [-0.2, 0) is 11.3 Å². The fourth-order valence-electron chi connectivity index (χ4n) is 3.30. The van der Waals surface area contributed by atoms with E-state index >= 15 is 0 Å². The van der Waals surface area contributed by atoms with Crippen molar-refractivity contribution in [3.05, 3.63) is 71.0 Å². The zero-order chi connectivity index (χ0) is 18.4. The van der Waals surface area contributed by atoms with Gasteiger partial charge in [0, 0.05) is 32.7 Å². The van der Waals surface area contributed by atoms with Gasteiger partial charge in [0.2, 0.25) is 0 Å². The van der Waals surface area contributed by atoms with E-state index in [2.05, 4.69) is 27.8 Å². The highest BCUT2D eigenvalue weighted by Gasteiger charge is 2.29. The second-order valence-corrected chi connectivity index (χ2v) is 6.64. The molecule has 0 aliphatic carbocycles. The summed E-state index contributed by atoms with van der Waals surface area (Å²) in [6.07, 6.45) is 1.15. The van der Waals surface area contributed by atoms with Crippen molar-refractivity contribution >= 4 is 5.96 Å². The lowest BCUT2D eigenvalue weighted by atomic mass is 9.95. The summed E-state index contributed by atoms with van der Waals surface area (Å²) in [7, 11) is 1.76. The van der Waals surface area contributed by atoms with Gasteiger partial charge in [-0.25, -0.2) is 4.39 Å². The normalized spacial score (nSPS) is 20.2. The number of benzene rings is 2. The quantitative estimate of drug-likeness (QED) is 0.637. The standard InChI is InChI=1S/C21H26FN3O/c1-15-12-16(8-9-19(15)22)13-24-21(23-2)25-14-18-10-11-26-20(18)17-6-4-3-5-7-17/h3-9,12,18,20H,10-11,13-14H2,1-2H3,(H2,23,24,25). The largest absolute Gasteiger partial charge is 0.373 e. The number of aryl methyl sites for hydroxylation is 1. The maximum absolute atomic E-state index is 13.4. The Hall–Kier alpha value is -2.40. The Bertz CT molecular complexity index is 748. The second-order valence-electron chi connectivity index (χ2n) is 6.64. The monoisotopic (exact) mass is 355 g/mol. The molecule has 1 fully saturated rings. The molecule has 0 spiro atoms. The van der Waals surface area contributed by atoms with Crippen LogP contribution in [-0.4, -0.2) is 26.2 Å². The lowest BCUT2D eigenvalue weighted by Gasteiger charge is -2.21. The van der Waals surface area contributed by atoms with Crippen molar-refractivity contribution in [2.24, 2.45) is 10.9 Å². The molecule has 2 atom stereocenters. The van der Waals surface area contributed by atoms with Gasteiger partial charge in [0.1, 0.15) is 5.82 Å². The van der Waals surface area contributed by atoms with E-state index in [0.29, 0.717) is 18.0 Å². The number of ether oxygens (including phenoxy) is 1. The van der Waals surface area contributed by atoms with E-state index in [-0.39, 0.29) is 11.9 Å². The smallest absolute Gasteiger partial charge is 0.191 e. The molecule has 1 aliphatic rings. The molecule has 4 nitrogen and oxygen atoms in total. The van der Waals surface area contributed by atoms with Crippen molar-refractivity contribution in [1.29, 1.82) is 0 Å². The molecular weight excluding hydrogens is 329 g/mol. The van der Waals surface area contributed by atoms with Gasteiger partial charge in [-0.15, -0.1) is 0 Å². The average Bonchev–Trinajstić information content (AvgIpc) is 3.14. The van der Waals surface area contributed by atoms with Gasteiger partial charge in [-0.05, 0) is 36.1 Å². The van der Waals surface area contributed by atoms with Crippen LogP contribution in [0.4, 0.5) is 4.39 Å². The molecule has 2 unspecified atom stereocenters. The van der Waals surface area contributed by atoms with Crippen LogP contribution in [0.2, 0.25) is 0 Å². The minimum Gasteiger partial charge on any atom is -0.373 e. The van der Waals surface area contributed by atoms with Gasteiger partial charge in [-0.2, -0.15) is 0 Å². The number of aliphatic imine (C=N–C) groups is 1. The summed E-state index contributed by atoms with van der Waals surface area (Å²) in [5.74, 6) is 0.971. The molecule has 3 rings (SSSR count). The highest BCUT2D eigenvalue weighted by Crippen LogP contribution is 2.33. The van der Waals surface area contributed by atoms with E-state index in [0.717, 1.165) is 31.1 Å². The first kappa shape index (κ1) is 18.4. The highest BCUT2D eigenvalue weighted by molar-refractivity contribution is 5.79. The number of hydrogen-bond donors (Lipinski definition) is 2. The maximum atomic E-state index is 13.4. The topological polar surface area (TPSA) is 45.7 Å². The Morgan fingerprint density at radius 1 is 1.19 bits per heavy atom. The molecule has 0 bridgehead atoms. The van der Waals surface area contributed by atoms with Crippen molar-refractivity contribution in [2.75, 3.05) is 20.2 Å². The molecule has 0 radical (unpaired) electrons. The number of guanidine groups is 1. The van der Waals surface area contributed by atoms with Crippen LogP contribution < -0.4 is 10.6 Å². The van der Waals surface area contributed by atoms with Gasteiger partial charge in [0.15, 0.2) is 5.96 Å². The summed E-state index contributed by atoms with van der Waals surface area (Å²) in [4.78, 5) is 4.28. The van der Waals surface area contributed by atoms with Crippen molar-refractivity contribution in [3.8, 4) is 0 Å². The summed E-state index contributed by atoms with van der Waals surface area (Å²) in [6, 6.07) is 15.5. The van der Waals surface area contributed by atoms with Gasteiger partial charge in [-0.3, -0.25) is 4.99 Å². The molecular formula is C21H26FN3O. The van der Waals surface area contributed by atoms with Gasteiger partial charge >= 0.3 is 0 Å². The van der Waals surface area contributed by atoms with Gasteiger partial charge in [0.05, 0.1) is 6.10 Å². The SMILES string of the molecule is CN=C(NCc1ccc(F)c(C)c1)NCC1CCOC1c1ccccc1. The third kappa shape index (κ3) is 4.61. The van der Waals surface area contributed by atoms with Crippen LogP contribution >= 0.6 is 0 Å². The number of nitrogens with zero attached hydrogens (tertiary/aromatic N) is 1. The predicted molar refractivity (Wildman–Crippen MR) is 103 cm³/mol. The predicted octanol–water partition coefficient (Wildman–Crippen LogP) is 3.58. The Labute approximate surface area is 154 Å². The lowest BCUT2D eigenvalue weighted by molar-refractivity contribution is 0.0915. The molecule has 0 saturated carbocycles. The first-order valence-electron chi connectivity index (χ1n) is 9.03. The van der Waals surface area contributed by atoms with Gasteiger partial charge in [0.25, 0.3) is 0 Å². The van der Waals surface area contributed by atoms with Crippen molar-refractivity contribution in [2.45, 2.75) is 26.0 Å². The van der Waals surface area contributed by atoms with E-state index in [1.54, 1.807) is 20.0 Å². The Balaban J connectivity index is 1.53. The Morgan fingerprint density at radius 2 is 2.00 bits per heavy atom. The van der Waals surface area contributed by atoms with E-state index in [1.165, 1.54) is 11.6 Å². The first-order chi connectivity index (χ1) is 12.7. The van der Waals surface area contributed by atoms with Crippen LogP contribution in [0.1, 0.15) is 29.2 Å². The van der Waals surface area contributed by atoms with Crippen LogP contribution in [0.3, 0.4) is 0 Å². The number of hydrogen-bond acceptors (Lipinski definition) is 2. The number of nitrogens with one attached hydrogen (secondary N) is 2. The molecule has 2 N–H and O–H groups in total. The third-order valence-electron chi connectivity index (χ3n) is 4.78. The summed E-state index contributed by atoms with van der Waals surface area (Å²) < 4.78 is 19.3. The minimum absolute atomic E-state index is 0.126. The van der Waals surface area contributed by atoms with Crippen molar-refractivity contribution in [3.63, 3.8) is 0 Å². The van der Waals surface area contributed by atoms with Crippen LogP contribution in [0.5, 0.6) is 0 Å². The molecule has 5 heteroatoms. The molecule has 0 aromatic heterocycles. The molecule has 1 saturated heterocycles. The van der Waals surface area contributed by atoms with E-state index < -0.39 is 0 Å². The summed E-state index contributed by atoms with van der Waals surface area (Å²) in [5.41, 5.74) is 2.90. The van der Waals surface area contributed by atoms with Crippen LogP contribution in [0.15, 0.2) is 53.5 Å². The van der Waals surface area contributed by atoms with E-state index in [1.807, 2.05) is 24.3 Å². The van der Waals surface area contributed by atoms with Gasteiger partial charge in [-0.1, -0.05) is 42.5 Å². The fourth-order valence-corrected chi connectivity index (χ4v) is 3.30. The molecule has 2 aromatic rings. The zero-order valence-electron chi connectivity index (χ0n) is 15.3. The summed E-state index contributed by atoms with van der Waals surface area (Å²) >= 11 is 0. The maximum Gasteiger partial charge on any atom is 0.191 e. The Kier molecular flexibility index (Phi) is 6.23. The number of rotatable bonds is 5. The van der Waals surface area contributed by atoms with Crippen LogP contribution in [0.25, 0.3) is 0 Å². The molecule has 1 aliphatic heterocycles. The van der Waals surface area contributed by atoms with Gasteiger partial charge < -0.3 is 15.4 Å². The number of halogens is 1. The molecule has 1 heterocycles. The van der Waals surface area contributed by atoms with Crippen molar-refractivity contribution in [1.82, 2.24) is 10.6 Å². The zero-order valence-corrected chi connectivity index (χ0v) is 15.3. The lowest BCUT2D eigenvalue weighted by Crippen LogP contribution is -2.39. The highest BCUT2D eigenvalue weighted by atomic mass is 19.1. The summed E-state index contributed by atoms with van der Waals surface area (Å²) in [5, 5.41) is 6.68. The third-order valence-corrected chi connectivity index (χ3v) is 4.78. The molecule has 2 aromatic carbocycles. The second kappa shape index (κ2) is 8.81. The van der Waals surface area contributed by atoms with E-state index in [4.69, 9.17) is 4.74 Å². The molecule has 26 heavy (non-hydrogen) atoms. The Morgan fingerprint density at radius 3 is 2.73 bits per heavy atom. The van der Waals surface area contributed by atoms with E-state index in [9.17, 15) is 4.39 Å². The van der Waals surface area contributed by atoms with Crippen LogP contribution in [0, 0.1) is 18.7 Å². The molecule has 0 amide bonds. The van der Waals surface area contributed by atoms with Crippen molar-refractivity contribution < 1.29 is 9.13 Å². The molecule has 138 valence electrons. The first-order valence-corrected chi connectivity index (χ1v) is 9.03. The average molecular weight is 355 g/mol. The summed E-state index contributed by atoms with van der Waals surface area (Å²) in [6.45, 7) is 3.95. The minimum atomic E-state index is -0.176.